The molecule has 0 radical (unpaired) electrons. The number of carbonyl (C=O) groups is 1. The molecule has 29 heavy (non-hydrogen) atoms. The average Bonchev–Trinajstić information content (AvgIpc) is 3.21. The topological polar surface area (TPSA) is 75.2 Å². The molecule has 2 rings (SSSR count). The highest BCUT2D eigenvalue weighted by atomic mass is 16.5. The SMILES string of the molecule is CCC(C)Oc1cc(C)ccc1CN=C(NCC(=O)N(C)C)NCC1CCOC1. The standard InChI is InChI=1S/C22H36N4O3/c1-6-17(3)29-20-11-16(2)7-8-19(20)13-24-22(25-14-21(27)26(4)5)23-12-18-9-10-28-15-18/h7-8,11,17-18H,6,9-10,12-15H2,1-5H3,(H2,23,24,25). The number of aliphatic imine (C=N–C) groups is 1. The molecule has 0 bridgehead atoms. The minimum atomic E-state index is -0.000159. The molecule has 1 amide bonds. The zero-order chi connectivity index (χ0) is 21.2. The number of guanidine groups is 1. The van der Waals surface area contributed by atoms with E-state index in [2.05, 4.69) is 49.6 Å². The Balaban J connectivity index is 2.08. The van der Waals surface area contributed by atoms with Gasteiger partial charge in [0.1, 0.15) is 5.75 Å². The van der Waals surface area contributed by atoms with Crippen molar-refractivity contribution in [1.82, 2.24) is 15.5 Å². The number of nitrogens with one attached hydrogen (secondary N) is 2. The van der Waals surface area contributed by atoms with E-state index >= 15 is 0 Å². The number of ether oxygens (including phenoxy) is 2. The highest BCUT2D eigenvalue weighted by Gasteiger charge is 2.16. The lowest BCUT2D eigenvalue weighted by Gasteiger charge is -2.18. The highest BCUT2D eigenvalue weighted by molar-refractivity contribution is 5.86. The molecule has 2 unspecified atom stereocenters. The molecule has 1 heterocycles. The van der Waals surface area contributed by atoms with Crippen LogP contribution < -0.4 is 15.4 Å². The molecule has 2 atom stereocenters. The van der Waals surface area contributed by atoms with Gasteiger partial charge < -0.3 is 25.0 Å². The Morgan fingerprint density at radius 2 is 2.17 bits per heavy atom. The number of rotatable bonds is 9. The van der Waals surface area contributed by atoms with Gasteiger partial charge in [-0.05, 0) is 38.3 Å². The van der Waals surface area contributed by atoms with E-state index in [4.69, 9.17) is 14.5 Å². The molecule has 1 aromatic carbocycles. The van der Waals surface area contributed by atoms with Crippen molar-refractivity contribution in [3.63, 3.8) is 0 Å². The van der Waals surface area contributed by atoms with Crippen molar-refractivity contribution >= 4 is 11.9 Å². The summed E-state index contributed by atoms with van der Waals surface area (Å²) in [6, 6.07) is 6.19. The van der Waals surface area contributed by atoms with Crippen molar-refractivity contribution in [2.45, 2.75) is 46.3 Å². The van der Waals surface area contributed by atoms with Crippen molar-refractivity contribution < 1.29 is 14.3 Å². The first-order valence-corrected chi connectivity index (χ1v) is 10.4. The molecule has 7 nitrogen and oxygen atoms in total. The predicted octanol–water partition coefficient (Wildman–Crippen LogP) is 2.33. The molecule has 1 aromatic rings. The van der Waals surface area contributed by atoms with E-state index < -0.39 is 0 Å². The van der Waals surface area contributed by atoms with Crippen molar-refractivity contribution in [3.8, 4) is 5.75 Å². The number of amides is 1. The Hall–Kier alpha value is -2.28. The molecular weight excluding hydrogens is 368 g/mol. The lowest BCUT2D eigenvalue weighted by Crippen LogP contribution is -2.44. The quantitative estimate of drug-likeness (QED) is 0.488. The van der Waals surface area contributed by atoms with Crippen molar-refractivity contribution in [2.75, 3.05) is 40.4 Å². The van der Waals surface area contributed by atoms with Crippen LogP contribution in [-0.4, -0.2) is 63.3 Å². The van der Waals surface area contributed by atoms with Gasteiger partial charge in [-0.1, -0.05) is 19.1 Å². The van der Waals surface area contributed by atoms with Crippen LogP contribution in [0.4, 0.5) is 0 Å². The summed E-state index contributed by atoms with van der Waals surface area (Å²) in [7, 11) is 3.49. The van der Waals surface area contributed by atoms with E-state index in [1.54, 1.807) is 19.0 Å². The molecule has 7 heteroatoms. The van der Waals surface area contributed by atoms with E-state index in [-0.39, 0.29) is 18.6 Å². The Bertz CT molecular complexity index is 685. The fourth-order valence-corrected chi connectivity index (χ4v) is 2.84. The van der Waals surface area contributed by atoms with E-state index in [1.165, 1.54) is 0 Å². The number of likely N-dealkylation sites (N-methyl/N-ethyl adjacent to an activating group) is 1. The third-order valence-corrected chi connectivity index (χ3v) is 5.02. The van der Waals surface area contributed by atoms with Gasteiger partial charge in [0.25, 0.3) is 0 Å². The summed E-state index contributed by atoms with van der Waals surface area (Å²) in [4.78, 5) is 18.2. The molecule has 1 aliphatic heterocycles. The van der Waals surface area contributed by atoms with Crippen LogP contribution in [0.3, 0.4) is 0 Å². The third kappa shape index (κ3) is 7.93. The maximum atomic E-state index is 12.0. The highest BCUT2D eigenvalue weighted by Crippen LogP contribution is 2.23. The molecule has 1 saturated heterocycles. The fourth-order valence-electron chi connectivity index (χ4n) is 2.84. The molecule has 0 saturated carbocycles. The molecule has 2 N–H and O–H groups in total. The van der Waals surface area contributed by atoms with Crippen molar-refractivity contribution in [1.29, 1.82) is 0 Å². The van der Waals surface area contributed by atoms with Crippen LogP contribution in [0.15, 0.2) is 23.2 Å². The monoisotopic (exact) mass is 404 g/mol. The average molecular weight is 405 g/mol. The molecular formula is C22H36N4O3. The summed E-state index contributed by atoms with van der Waals surface area (Å²) in [5.41, 5.74) is 2.19. The van der Waals surface area contributed by atoms with E-state index in [9.17, 15) is 4.79 Å². The van der Waals surface area contributed by atoms with E-state index in [1.807, 2.05) is 0 Å². The number of carbonyl (C=O) groups excluding carboxylic acids is 1. The largest absolute Gasteiger partial charge is 0.490 e. The third-order valence-electron chi connectivity index (χ3n) is 5.02. The number of benzene rings is 1. The van der Waals surface area contributed by atoms with Gasteiger partial charge in [0.15, 0.2) is 5.96 Å². The minimum Gasteiger partial charge on any atom is -0.490 e. The van der Waals surface area contributed by atoms with Gasteiger partial charge in [0.05, 0.1) is 25.8 Å². The van der Waals surface area contributed by atoms with Gasteiger partial charge in [-0.15, -0.1) is 0 Å². The molecule has 1 fully saturated rings. The van der Waals surface area contributed by atoms with Gasteiger partial charge in [0.2, 0.25) is 5.91 Å². The first kappa shape index (κ1) is 23.0. The van der Waals surface area contributed by atoms with Crippen LogP contribution in [0.1, 0.15) is 37.8 Å². The van der Waals surface area contributed by atoms with Gasteiger partial charge in [-0.3, -0.25) is 4.79 Å². The van der Waals surface area contributed by atoms with E-state index in [0.717, 1.165) is 49.5 Å². The molecule has 162 valence electrons. The van der Waals surface area contributed by atoms with Crippen LogP contribution in [-0.2, 0) is 16.1 Å². The number of nitrogens with zero attached hydrogens (tertiary/aromatic N) is 2. The van der Waals surface area contributed by atoms with Gasteiger partial charge in [0, 0.05) is 38.7 Å². The summed E-state index contributed by atoms with van der Waals surface area (Å²) in [6.45, 7) is 9.25. The first-order valence-electron chi connectivity index (χ1n) is 10.4. The van der Waals surface area contributed by atoms with Crippen LogP contribution in [0.5, 0.6) is 5.75 Å². The Morgan fingerprint density at radius 1 is 1.38 bits per heavy atom. The summed E-state index contributed by atoms with van der Waals surface area (Å²) in [5, 5.41) is 6.50. The number of hydrogen-bond acceptors (Lipinski definition) is 4. The fraction of sp³-hybridized carbons (Fsp3) is 0.636. The maximum absolute atomic E-state index is 12.0. The van der Waals surface area contributed by atoms with Crippen LogP contribution in [0.2, 0.25) is 0 Å². The lowest BCUT2D eigenvalue weighted by molar-refractivity contribution is -0.127. The van der Waals surface area contributed by atoms with Crippen LogP contribution in [0, 0.1) is 12.8 Å². The summed E-state index contributed by atoms with van der Waals surface area (Å²) >= 11 is 0. The zero-order valence-corrected chi connectivity index (χ0v) is 18.5. The Kier molecular flexibility index (Phi) is 9.25. The van der Waals surface area contributed by atoms with Crippen LogP contribution >= 0.6 is 0 Å². The summed E-state index contributed by atoms with van der Waals surface area (Å²) in [6.07, 6.45) is 2.14. The summed E-state index contributed by atoms with van der Waals surface area (Å²) < 4.78 is 11.5. The number of hydrogen-bond donors (Lipinski definition) is 2. The van der Waals surface area contributed by atoms with Crippen molar-refractivity contribution in [2.24, 2.45) is 10.9 Å². The molecule has 0 spiro atoms. The summed E-state index contributed by atoms with van der Waals surface area (Å²) in [5.74, 6) is 1.97. The lowest BCUT2D eigenvalue weighted by atomic mass is 10.1. The van der Waals surface area contributed by atoms with Crippen molar-refractivity contribution in [3.05, 3.63) is 29.3 Å². The predicted molar refractivity (Wildman–Crippen MR) is 116 cm³/mol. The zero-order valence-electron chi connectivity index (χ0n) is 18.5. The second-order valence-electron chi connectivity index (χ2n) is 7.86. The molecule has 0 aromatic heterocycles. The molecule has 1 aliphatic rings. The van der Waals surface area contributed by atoms with Gasteiger partial charge in [-0.25, -0.2) is 4.99 Å². The maximum Gasteiger partial charge on any atom is 0.241 e. The normalized spacial score (nSPS) is 17.7. The minimum absolute atomic E-state index is 0.000159. The van der Waals surface area contributed by atoms with E-state index in [0.29, 0.717) is 18.4 Å². The Labute approximate surface area is 174 Å². The van der Waals surface area contributed by atoms with Gasteiger partial charge in [-0.2, -0.15) is 0 Å². The van der Waals surface area contributed by atoms with Gasteiger partial charge >= 0.3 is 0 Å². The smallest absolute Gasteiger partial charge is 0.241 e. The number of aryl methyl sites for hydroxylation is 1. The van der Waals surface area contributed by atoms with Crippen LogP contribution in [0.25, 0.3) is 0 Å². The first-order chi connectivity index (χ1) is 13.9. The molecule has 0 aliphatic carbocycles. The Morgan fingerprint density at radius 3 is 2.83 bits per heavy atom. The second-order valence-corrected chi connectivity index (χ2v) is 7.86. The second kappa shape index (κ2) is 11.7.